The number of hydrogen-bond donors (Lipinski definition) is 4. The number of piperidine rings is 3. The summed E-state index contributed by atoms with van der Waals surface area (Å²) in [7, 11) is 1.42. The summed E-state index contributed by atoms with van der Waals surface area (Å²) in [4.78, 5) is 170. The number of amides is 1. The van der Waals surface area contributed by atoms with E-state index in [4.69, 9.17) is 9.47 Å². The number of aryl methyl sites for hydroxylation is 8. The number of carboxylic acids is 1. The van der Waals surface area contributed by atoms with Gasteiger partial charge in [0.25, 0.3) is 22.2 Å². The van der Waals surface area contributed by atoms with E-state index in [0.29, 0.717) is 104 Å². The van der Waals surface area contributed by atoms with Crippen LogP contribution in [0, 0.1) is 67.2 Å². The van der Waals surface area contributed by atoms with Crippen LogP contribution in [0.3, 0.4) is 0 Å². The predicted molar refractivity (Wildman–Crippen MR) is 476 cm³/mol. The van der Waals surface area contributed by atoms with Crippen molar-refractivity contribution in [2.24, 2.45) is 33.9 Å². The maximum absolute atomic E-state index is 13.3. The molecule has 3 aromatic heterocycles. The SMILES string of the molecule is C.C=c1nc2c(c(=O)[nH]1)=Nc1cc(C)c(C)cc1N2CC(=O)N1CCC(C(=O)OC(C)(C)C)CC1.C=c1nc2c(c(=O)[nH]1)=Nc1cc(C)c(C)cc1N2CCN1CCCCC1.C=c1nc2c(c(=O)[nH]1)=Nc1cc(C)c(C)cc1N2CCN1CCC[C@@H]1C(=O)O.Cc1cc2nc3c(=O)n(C)c(=O)nc-3n(CCN3CCC(C(=O)OC(C)(C)C)CC3)c2cc1C. The molecule has 4 fully saturated rings. The third-order valence-corrected chi connectivity index (χ3v) is 23.7. The Bertz CT molecular complexity index is 6280. The van der Waals surface area contributed by atoms with Gasteiger partial charge in [-0.25, -0.2) is 39.7 Å². The molecule has 32 nitrogen and oxygen atoms in total. The van der Waals surface area contributed by atoms with Crippen LogP contribution in [0.1, 0.15) is 151 Å². The fourth-order valence-electron chi connectivity index (χ4n) is 16.4. The Labute approximate surface area is 713 Å². The molecule has 0 aliphatic carbocycles. The highest BCUT2D eigenvalue weighted by molar-refractivity contribution is 5.88. The lowest BCUT2D eigenvalue weighted by Crippen LogP contribution is -2.48. The fourth-order valence-corrected chi connectivity index (χ4v) is 16.4. The second kappa shape index (κ2) is 37.0. The quantitative estimate of drug-likeness (QED) is 0.0622. The number of carbonyl (C=O) groups excluding carboxylic acids is 3. The van der Waals surface area contributed by atoms with Crippen molar-refractivity contribution in [3.63, 3.8) is 0 Å². The van der Waals surface area contributed by atoms with Gasteiger partial charge < -0.3 is 63.5 Å². The van der Waals surface area contributed by atoms with Gasteiger partial charge >= 0.3 is 23.6 Å². The van der Waals surface area contributed by atoms with Crippen LogP contribution in [0.4, 0.5) is 51.6 Å². The van der Waals surface area contributed by atoms with Crippen LogP contribution >= 0.6 is 0 Å². The molecule has 32 heteroatoms. The number of nitrogens with zero attached hydrogens (tertiary/aromatic N) is 17. The topological polar surface area (TPSA) is 374 Å². The summed E-state index contributed by atoms with van der Waals surface area (Å²) in [6, 6.07) is 15.6. The number of hydrogen-bond acceptors (Lipinski definition) is 25. The number of nitrogens with one attached hydrogen (secondary N) is 3. The van der Waals surface area contributed by atoms with Crippen LogP contribution in [0.15, 0.2) is 87.5 Å². The van der Waals surface area contributed by atoms with E-state index < -0.39 is 40.0 Å². The number of aromatic amines is 3. The minimum absolute atomic E-state index is 0. The Hall–Kier alpha value is -12.0. The number of ether oxygens (including phenoxy) is 2. The van der Waals surface area contributed by atoms with Crippen LogP contribution < -0.4 is 75.1 Å². The molecule has 4 aromatic carbocycles. The standard InChI is InChI=1S/C25H31N5O4.C25H33N5O4.C20H23N5O3.C20H25N5O.CH4/c1-14-11-18-19(12-15(14)2)30(22-21(28-18)23(32)27-16(3)26-22)13-20(31)29-9-7-17(8-10-29)24(33)34-25(4,5)6;1-15-13-18-19(14-16(15)2)30(21-20(26-18)22(31)28(6)24(33)27-21)12-11-29-9-7-17(8-10-29)23(32)34-25(3,4)5;1-11-9-14-16(10-12(11)2)25(8-7-24-6-4-5-15(24)20(27)28)18-17(23-14)19(26)22-13(3)21-18;1-13-11-16-17(12-14(13)2)25(10-9-24-7-5-4-6-8-24)19-18(23-16)20(26)22-15(3)21-19;/h11-12,17H,3,7-10,13H2,1-2,4-6H3,(H,27,32);13-14,17H,7-12H2,1-6H3;9-10,15H,3-8H2,1-2H3,(H,22,26)(H,27,28);11-12H,3-10H2,1-2H3,(H,22,26);1H4/t;;15-;;/m..1../s1. The number of carboxylic acid groups (broad SMARTS) is 1. The number of fused-ring (bicyclic) bond motifs is 8. The van der Waals surface area contributed by atoms with Crippen molar-refractivity contribution in [3.8, 4) is 11.5 Å². The van der Waals surface area contributed by atoms with Gasteiger partial charge in [0.05, 0.1) is 57.0 Å². The number of aliphatic carboxylic acids is 1. The fraction of sp³-hybridized carbons (Fsp3) is 0.484. The number of H-pyrrole nitrogens is 3. The summed E-state index contributed by atoms with van der Waals surface area (Å²) in [6.07, 6.45) is 8.01. The number of benzene rings is 4. The lowest BCUT2D eigenvalue weighted by molar-refractivity contribution is -0.163. The van der Waals surface area contributed by atoms with E-state index in [0.717, 1.165) is 137 Å². The molecule has 652 valence electrons. The first-order valence-corrected chi connectivity index (χ1v) is 42.0. The summed E-state index contributed by atoms with van der Waals surface area (Å²) in [6.45, 7) is 48.4. The van der Waals surface area contributed by atoms with Crippen molar-refractivity contribution in [1.29, 1.82) is 0 Å². The predicted octanol–water partition coefficient (Wildman–Crippen LogP) is 7.12. The van der Waals surface area contributed by atoms with Crippen molar-refractivity contribution in [3.05, 3.63) is 177 Å². The average Bonchev–Trinajstić information content (AvgIpc) is 1.19. The van der Waals surface area contributed by atoms with Crippen molar-refractivity contribution in [1.82, 2.24) is 68.6 Å². The molecule has 1 atom stereocenters. The van der Waals surface area contributed by atoms with E-state index in [2.05, 4.69) is 115 Å². The van der Waals surface area contributed by atoms with Crippen molar-refractivity contribution in [2.75, 3.05) is 99.8 Å². The highest BCUT2D eigenvalue weighted by Crippen LogP contribution is 2.41. The second-order valence-corrected chi connectivity index (χ2v) is 34.9. The molecule has 0 saturated carbocycles. The van der Waals surface area contributed by atoms with Gasteiger partial charge in [-0.15, -0.1) is 0 Å². The molecule has 123 heavy (non-hydrogen) atoms. The number of likely N-dealkylation sites (tertiary alicyclic amines) is 4. The Morgan fingerprint density at radius 2 is 0.878 bits per heavy atom. The molecule has 0 bridgehead atoms. The van der Waals surface area contributed by atoms with Gasteiger partial charge in [0, 0.05) is 59.4 Å². The third kappa shape index (κ3) is 20.4. The Morgan fingerprint density at radius 1 is 0.472 bits per heavy atom. The molecule has 9 aliphatic rings. The van der Waals surface area contributed by atoms with Gasteiger partial charge in [-0.05, 0) is 274 Å². The molecule has 12 heterocycles. The first-order valence-electron chi connectivity index (χ1n) is 42.0. The Kier molecular flexibility index (Phi) is 27.1. The van der Waals surface area contributed by atoms with E-state index in [-0.39, 0.29) is 82.1 Å². The van der Waals surface area contributed by atoms with Crippen LogP contribution in [-0.4, -0.2) is 200 Å². The van der Waals surface area contributed by atoms with Crippen molar-refractivity contribution in [2.45, 2.75) is 186 Å². The van der Waals surface area contributed by atoms with E-state index >= 15 is 0 Å². The normalized spacial score (nSPS) is 16.5. The minimum atomic E-state index is -0.784. The second-order valence-electron chi connectivity index (χ2n) is 34.9. The molecule has 9 aliphatic heterocycles. The number of aromatic nitrogens is 10. The van der Waals surface area contributed by atoms with Gasteiger partial charge in [-0.1, -0.05) is 33.6 Å². The van der Waals surface area contributed by atoms with Crippen LogP contribution in [-0.2, 0) is 42.2 Å². The summed E-state index contributed by atoms with van der Waals surface area (Å²) in [5, 5.41) is 10.3. The van der Waals surface area contributed by atoms with Gasteiger partial charge in [-0.2, -0.15) is 4.98 Å². The van der Waals surface area contributed by atoms with Gasteiger partial charge in [0.15, 0.2) is 45.0 Å². The molecular weight excluding hydrogens is 1570 g/mol. The van der Waals surface area contributed by atoms with E-state index in [1.165, 1.54) is 37.4 Å². The highest BCUT2D eigenvalue weighted by Gasteiger charge is 2.37. The lowest BCUT2D eigenvalue weighted by atomic mass is 9.96. The molecular formula is C91H116N20O12. The molecule has 0 radical (unpaired) electrons. The van der Waals surface area contributed by atoms with Crippen molar-refractivity contribution < 1.29 is 33.8 Å². The number of esters is 2. The first kappa shape index (κ1) is 90.2. The molecule has 7 aromatic rings. The smallest absolute Gasteiger partial charge is 0.352 e. The molecule has 0 spiro atoms. The summed E-state index contributed by atoms with van der Waals surface area (Å²) >= 11 is 0. The highest BCUT2D eigenvalue weighted by atomic mass is 16.6. The van der Waals surface area contributed by atoms with Gasteiger partial charge in [-0.3, -0.25) is 47.8 Å². The maximum atomic E-state index is 13.3. The first-order chi connectivity index (χ1) is 57.7. The Balaban J connectivity index is 0.000000150. The number of carbonyl (C=O) groups is 4. The van der Waals surface area contributed by atoms with Gasteiger partial charge in [0.2, 0.25) is 5.91 Å². The molecule has 4 N–H and O–H groups in total. The zero-order valence-corrected chi connectivity index (χ0v) is 72.8. The summed E-state index contributed by atoms with van der Waals surface area (Å²) in [5.74, 6) is 0.206. The van der Waals surface area contributed by atoms with Crippen molar-refractivity contribution >= 4 is 106 Å². The van der Waals surface area contributed by atoms with E-state index in [1.54, 1.807) is 9.80 Å². The zero-order valence-electron chi connectivity index (χ0n) is 72.8. The number of rotatable bonds is 14. The minimum Gasteiger partial charge on any atom is -0.480 e. The largest absolute Gasteiger partial charge is 0.480 e. The van der Waals surface area contributed by atoms with Crippen LogP contribution in [0.5, 0.6) is 0 Å². The van der Waals surface area contributed by atoms with Gasteiger partial charge in [0.1, 0.15) is 40.2 Å². The number of anilines is 6. The van der Waals surface area contributed by atoms with Crippen LogP contribution in [0.2, 0.25) is 0 Å². The third-order valence-electron chi connectivity index (χ3n) is 23.7. The molecule has 1 amide bonds. The molecule has 0 unspecified atom stereocenters. The average molecular weight is 1680 g/mol. The van der Waals surface area contributed by atoms with E-state index in [1.807, 2.05) is 134 Å². The molecule has 4 saturated heterocycles. The monoisotopic (exact) mass is 1680 g/mol. The zero-order chi connectivity index (χ0) is 87.8. The summed E-state index contributed by atoms with van der Waals surface area (Å²) < 4.78 is 14.0. The summed E-state index contributed by atoms with van der Waals surface area (Å²) in [5.41, 5.74) is 13.3. The van der Waals surface area contributed by atoms with E-state index in [9.17, 15) is 48.3 Å². The Morgan fingerprint density at radius 3 is 1.34 bits per heavy atom. The lowest BCUT2D eigenvalue weighted by Gasteiger charge is -2.34. The maximum Gasteiger partial charge on any atom is 0.352 e. The molecule has 16 rings (SSSR count). The van der Waals surface area contributed by atoms with Crippen LogP contribution in [0.25, 0.3) is 42.3 Å².